The molecule has 0 aliphatic carbocycles. The first-order chi connectivity index (χ1) is 27.5. The highest BCUT2D eigenvalue weighted by atomic mass is 31.2. The standard InChI is InChI=1S/C48H91N2O6P/c1-6-8-10-12-14-16-18-20-22-23-24-25-26-28-29-31-33-35-37-39-41-47(51)46(45-56-57(53,54)55-44-43-50(3,4)5)49-48(52)42-40-38-36-34-32-30-27-21-19-17-15-13-11-9-7-2/h17,19,25-26,31,33,39,41,46-47,51H,6-16,18,20-24,27-30,32,34-38,40,42-45H2,1-5H3,(H-,49,52,53,54)/b19-17-,26-25+,33-31+,41-39+. The van der Waals surface area contributed by atoms with Crippen molar-refractivity contribution in [3.63, 3.8) is 0 Å². The van der Waals surface area contributed by atoms with Crippen LogP contribution in [0.5, 0.6) is 0 Å². The van der Waals surface area contributed by atoms with Crippen LogP contribution >= 0.6 is 7.82 Å². The molecule has 334 valence electrons. The molecule has 9 heteroatoms. The molecule has 0 aromatic heterocycles. The Hall–Kier alpha value is -1.54. The second kappa shape index (κ2) is 39.9. The summed E-state index contributed by atoms with van der Waals surface area (Å²) in [5.41, 5.74) is 0. The number of phosphoric acid groups is 1. The second-order valence-electron chi connectivity index (χ2n) is 17.1. The van der Waals surface area contributed by atoms with Gasteiger partial charge >= 0.3 is 0 Å². The molecule has 3 atom stereocenters. The minimum absolute atomic E-state index is 0.0107. The van der Waals surface area contributed by atoms with Crippen LogP contribution in [0.25, 0.3) is 0 Å². The molecule has 1 amide bonds. The lowest BCUT2D eigenvalue weighted by molar-refractivity contribution is -0.870. The van der Waals surface area contributed by atoms with Crippen LogP contribution in [-0.2, 0) is 18.4 Å². The maximum atomic E-state index is 12.9. The molecule has 0 radical (unpaired) electrons. The van der Waals surface area contributed by atoms with Crippen LogP contribution in [0.3, 0.4) is 0 Å². The molecular formula is C48H91N2O6P. The van der Waals surface area contributed by atoms with E-state index in [4.69, 9.17) is 9.05 Å². The Balaban J connectivity index is 4.47. The third-order valence-corrected chi connectivity index (χ3v) is 11.2. The summed E-state index contributed by atoms with van der Waals surface area (Å²) in [5.74, 6) is -0.218. The van der Waals surface area contributed by atoms with E-state index in [1.54, 1.807) is 6.08 Å². The number of amides is 1. The Labute approximate surface area is 352 Å². The van der Waals surface area contributed by atoms with E-state index in [1.165, 1.54) is 135 Å². The van der Waals surface area contributed by atoms with Gasteiger partial charge < -0.3 is 28.8 Å². The highest BCUT2D eigenvalue weighted by molar-refractivity contribution is 7.45. The number of hydrogen-bond acceptors (Lipinski definition) is 6. The van der Waals surface area contributed by atoms with Gasteiger partial charge in [-0.2, -0.15) is 0 Å². The summed E-state index contributed by atoms with van der Waals surface area (Å²) in [6.45, 7) is 4.60. The van der Waals surface area contributed by atoms with Gasteiger partial charge in [0.25, 0.3) is 7.82 Å². The highest BCUT2D eigenvalue weighted by Crippen LogP contribution is 2.38. The number of quaternary nitrogens is 1. The minimum Gasteiger partial charge on any atom is -0.756 e. The zero-order valence-electron chi connectivity index (χ0n) is 37.8. The van der Waals surface area contributed by atoms with Crippen molar-refractivity contribution in [3.8, 4) is 0 Å². The molecule has 57 heavy (non-hydrogen) atoms. The summed E-state index contributed by atoms with van der Waals surface area (Å²) < 4.78 is 23.2. The first-order valence-corrected chi connectivity index (χ1v) is 25.0. The van der Waals surface area contributed by atoms with Crippen LogP contribution in [0, 0.1) is 0 Å². The van der Waals surface area contributed by atoms with Crippen molar-refractivity contribution in [1.29, 1.82) is 0 Å². The van der Waals surface area contributed by atoms with Crippen molar-refractivity contribution in [2.75, 3.05) is 40.9 Å². The maximum Gasteiger partial charge on any atom is 0.268 e. The Kier molecular flexibility index (Phi) is 38.8. The van der Waals surface area contributed by atoms with Gasteiger partial charge in [-0.1, -0.05) is 172 Å². The number of unbranched alkanes of at least 4 members (excludes halogenated alkanes) is 23. The van der Waals surface area contributed by atoms with Crippen LogP contribution in [0.15, 0.2) is 48.6 Å². The van der Waals surface area contributed by atoms with Gasteiger partial charge in [-0.3, -0.25) is 9.36 Å². The van der Waals surface area contributed by atoms with Gasteiger partial charge in [-0.15, -0.1) is 0 Å². The number of likely N-dealkylation sites (N-methyl/N-ethyl adjacent to an activating group) is 1. The number of carbonyl (C=O) groups is 1. The Morgan fingerprint density at radius 3 is 1.44 bits per heavy atom. The maximum absolute atomic E-state index is 12.9. The van der Waals surface area contributed by atoms with Gasteiger partial charge in [0.05, 0.1) is 39.9 Å². The van der Waals surface area contributed by atoms with E-state index < -0.39 is 26.6 Å². The van der Waals surface area contributed by atoms with E-state index in [0.717, 1.165) is 44.9 Å². The molecule has 0 aliphatic rings. The average molecular weight is 823 g/mol. The second-order valence-corrected chi connectivity index (χ2v) is 18.5. The first kappa shape index (κ1) is 55.5. The zero-order chi connectivity index (χ0) is 42.1. The fourth-order valence-electron chi connectivity index (χ4n) is 6.47. The van der Waals surface area contributed by atoms with Gasteiger partial charge in [-0.25, -0.2) is 0 Å². The number of hydrogen-bond donors (Lipinski definition) is 2. The molecule has 0 aromatic carbocycles. The lowest BCUT2D eigenvalue weighted by atomic mass is 10.1. The van der Waals surface area contributed by atoms with Gasteiger partial charge in [0.1, 0.15) is 13.2 Å². The van der Waals surface area contributed by atoms with E-state index in [-0.39, 0.29) is 12.5 Å². The summed E-state index contributed by atoms with van der Waals surface area (Å²) >= 11 is 0. The average Bonchev–Trinajstić information content (AvgIpc) is 3.16. The lowest BCUT2D eigenvalue weighted by Crippen LogP contribution is -2.45. The number of nitrogens with zero attached hydrogens (tertiary/aromatic N) is 1. The zero-order valence-corrected chi connectivity index (χ0v) is 38.7. The minimum atomic E-state index is -4.60. The number of phosphoric ester groups is 1. The van der Waals surface area contributed by atoms with Gasteiger partial charge in [-0.05, 0) is 70.6 Å². The predicted molar refractivity (Wildman–Crippen MR) is 242 cm³/mol. The van der Waals surface area contributed by atoms with Gasteiger partial charge in [0.2, 0.25) is 5.91 Å². The van der Waals surface area contributed by atoms with Crippen molar-refractivity contribution in [3.05, 3.63) is 48.6 Å². The molecule has 0 saturated heterocycles. The molecular weight excluding hydrogens is 732 g/mol. The molecule has 3 unspecified atom stereocenters. The van der Waals surface area contributed by atoms with E-state index in [2.05, 4.69) is 55.6 Å². The van der Waals surface area contributed by atoms with Crippen molar-refractivity contribution in [2.24, 2.45) is 0 Å². The molecule has 8 nitrogen and oxygen atoms in total. The number of rotatable bonds is 42. The number of aliphatic hydroxyl groups excluding tert-OH is 1. The fraction of sp³-hybridized carbons (Fsp3) is 0.812. The molecule has 0 rings (SSSR count). The lowest BCUT2D eigenvalue weighted by Gasteiger charge is -2.29. The molecule has 2 N–H and O–H groups in total. The topological polar surface area (TPSA) is 108 Å². The Bertz CT molecular complexity index is 1070. The molecule has 0 heterocycles. The first-order valence-electron chi connectivity index (χ1n) is 23.5. The molecule has 0 aliphatic heterocycles. The van der Waals surface area contributed by atoms with Gasteiger partial charge in [0.15, 0.2) is 0 Å². The fourth-order valence-corrected chi connectivity index (χ4v) is 7.19. The van der Waals surface area contributed by atoms with Crippen LogP contribution in [-0.4, -0.2) is 68.5 Å². The molecule has 0 fully saturated rings. The van der Waals surface area contributed by atoms with E-state index in [9.17, 15) is 19.4 Å². The van der Waals surface area contributed by atoms with Crippen LogP contribution in [0.2, 0.25) is 0 Å². The van der Waals surface area contributed by atoms with E-state index >= 15 is 0 Å². The molecule has 0 bridgehead atoms. The highest BCUT2D eigenvalue weighted by Gasteiger charge is 2.23. The van der Waals surface area contributed by atoms with Crippen LogP contribution < -0.4 is 10.2 Å². The number of allylic oxidation sites excluding steroid dienone is 7. The third kappa shape index (κ3) is 42.4. The molecule has 0 spiro atoms. The number of carbonyl (C=O) groups excluding carboxylic acids is 1. The van der Waals surface area contributed by atoms with Crippen molar-refractivity contribution >= 4 is 13.7 Å². The van der Waals surface area contributed by atoms with E-state index in [0.29, 0.717) is 17.4 Å². The summed E-state index contributed by atoms with van der Waals surface area (Å²) in [5, 5.41) is 13.8. The number of nitrogens with one attached hydrogen (secondary N) is 1. The predicted octanol–water partition coefficient (Wildman–Crippen LogP) is 12.6. The SMILES string of the molecule is CCCCCC/C=C\CCCCCCCCCC(=O)NC(COP(=O)([O-])OCC[N+](C)(C)C)C(O)/C=C/CC/C=C/CC/C=C/CCCCCCCCCCCC. The quantitative estimate of drug-likeness (QED) is 0.0275. The third-order valence-electron chi connectivity index (χ3n) is 10.2. The summed E-state index contributed by atoms with van der Waals surface area (Å²) in [6, 6.07) is -0.911. The largest absolute Gasteiger partial charge is 0.756 e. The molecule has 0 saturated carbocycles. The van der Waals surface area contributed by atoms with Crippen LogP contribution in [0.4, 0.5) is 0 Å². The normalized spacial score (nSPS) is 14.7. The molecule has 0 aromatic rings. The van der Waals surface area contributed by atoms with Crippen molar-refractivity contribution < 1.29 is 32.9 Å². The summed E-state index contributed by atoms with van der Waals surface area (Å²) in [7, 11) is 1.23. The van der Waals surface area contributed by atoms with Crippen molar-refractivity contribution in [2.45, 2.75) is 212 Å². The summed E-state index contributed by atoms with van der Waals surface area (Å²) in [4.78, 5) is 25.3. The van der Waals surface area contributed by atoms with Crippen molar-refractivity contribution in [1.82, 2.24) is 5.32 Å². The van der Waals surface area contributed by atoms with E-state index in [1.807, 2.05) is 27.2 Å². The van der Waals surface area contributed by atoms with Crippen LogP contribution in [0.1, 0.15) is 200 Å². The Morgan fingerprint density at radius 2 is 0.982 bits per heavy atom. The van der Waals surface area contributed by atoms with Gasteiger partial charge in [0, 0.05) is 6.42 Å². The Morgan fingerprint density at radius 1 is 0.596 bits per heavy atom. The monoisotopic (exact) mass is 823 g/mol. The smallest absolute Gasteiger partial charge is 0.268 e. The number of aliphatic hydroxyl groups is 1. The summed E-state index contributed by atoms with van der Waals surface area (Å²) in [6.07, 6.45) is 50.2.